The summed E-state index contributed by atoms with van der Waals surface area (Å²) in [5, 5.41) is 0. The highest BCUT2D eigenvalue weighted by Crippen LogP contribution is 2.12. The molecule has 1 aromatic heterocycles. The van der Waals surface area contributed by atoms with Crippen molar-refractivity contribution >= 4 is 12.0 Å². The van der Waals surface area contributed by atoms with Crippen molar-refractivity contribution in [3.63, 3.8) is 0 Å². The maximum atomic E-state index is 11.2. The zero-order valence-corrected chi connectivity index (χ0v) is 10.2. The molecule has 0 atom stereocenters. The first-order valence-corrected chi connectivity index (χ1v) is 5.88. The zero-order chi connectivity index (χ0) is 12.8. The summed E-state index contributed by atoms with van der Waals surface area (Å²) in [5.41, 5.74) is 2.03. The summed E-state index contributed by atoms with van der Waals surface area (Å²) >= 11 is 0. The number of carbonyl (C=O) groups excluding carboxylic acids is 1. The predicted molar refractivity (Wildman–Crippen MR) is 71.4 cm³/mol. The maximum Gasteiger partial charge on any atom is 0.330 e. The Morgan fingerprint density at radius 3 is 2.78 bits per heavy atom. The van der Waals surface area contributed by atoms with Gasteiger partial charge < -0.3 is 9.30 Å². The van der Waals surface area contributed by atoms with Crippen LogP contribution in [0.4, 0.5) is 0 Å². The fourth-order valence-corrected chi connectivity index (χ4v) is 1.65. The Kier molecular flexibility index (Phi) is 3.97. The minimum Gasteiger partial charge on any atom is -0.463 e. The number of ether oxygens (including phenoxy) is 1. The van der Waals surface area contributed by atoms with E-state index in [1.165, 1.54) is 6.08 Å². The molecule has 0 aliphatic carbocycles. The summed E-state index contributed by atoms with van der Waals surface area (Å²) in [7, 11) is 0. The molecule has 0 spiro atoms. The van der Waals surface area contributed by atoms with E-state index in [0.717, 1.165) is 11.3 Å². The number of esters is 1. The topological polar surface area (TPSA) is 31.2 Å². The first-order chi connectivity index (χ1) is 8.79. The van der Waals surface area contributed by atoms with Crippen LogP contribution < -0.4 is 0 Å². The monoisotopic (exact) mass is 241 g/mol. The Morgan fingerprint density at radius 1 is 1.28 bits per heavy atom. The first-order valence-electron chi connectivity index (χ1n) is 5.88. The molecule has 0 saturated heterocycles. The van der Waals surface area contributed by atoms with Gasteiger partial charge in [0.05, 0.1) is 6.61 Å². The van der Waals surface area contributed by atoms with Crippen LogP contribution in [0.25, 0.3) is 11.8 Å². The zero-order valence-electron chi connectivity index (χ0n) is 10.2. The summed E-state index contributed by atoms with van der Waals surface area (Å²) in [4.78, 5) is 11.2. The molecule has 1 heterocycles. The van der Waals surface area contributed by atoms with E-state index in [1.54, 1.807) is 13.0 Å². The second-order valence-corrected chi connectivity index (χ2v) is 3.77. The molecule has 1 aromatic carbocycles. The molecule has 0 fully saturated rings. The van der Waals surface area contributed by atoms with Crippen LogP contribution >= 0.6 is 0 Å². The van der Waals surface area contributed by atoms with E-state index in [9.17, 15) is 4.79 Å². The van der Waals surface area contributed by atoms with E-state index in [1.807, 2.05) is 53.4 Å². The Bertz CT molecular complexity index is 541. The van der Waals surface area contributed by atoms with Crippen LogP contribution in [0, 0.1) is 0 Å². The molecule has 0 aliphatic rings. The fraction of sp³-hybridized carbons (Fsp3) is 0.133. The minimum atomic E-state index is -0.316. The number of nitrogens with zero attached hydrogens (tertiary/aromatic N) is 1. The Hall–Kier alpha value is -2.29. The standard InChI is InChI=1S/C15H15NO2/c1-2-18-15(17)9-8-13-6-5-7-14(12-13)16-10-3-4-11-16/h3-12H,2H2,1H3/b9-8+. The molecule has 0 N–H and O–H groups in total. The highest BCUT2D eigenvalue weighted by atomic mass is 16.5. The van der Waals surface area contributed by atoms with E-state index in [2.05, 4.69) is 0 Å². The number of aromatic nitrogens is 1. The molecule has 92 valence electrons. The van der Waals surface area contributed by atoms with Gasteiger partial charge >= 0.3 is 5.97 Å². The molecule has 2 rings (SSSR count). The summed E-state index contributed by atoms with van der Waals surface area (Å²) in [5.74, 6) is -0.316. The fourth-order valence-electron chi connectivity index (χ4n) is 1.65. The van der Waals surface area contributed by atoms with Crippen LogP contribution in [-0.2, 0) is 9.53 Å². The largest absolute Gasteiger partial charge is 0.463 e. The third kappa shape index (κ3) is 3.10. The van der Waals surface area contributed by atoms with Gasteiger partial charge in [-0.25, -0.2) is 4.79 Å². The molecule has 2 aromatic rings. The van der Waals surface area contributed by atoms with Crippen LogP contribution in [-0.4, -0.2) is 17.1 Å². The second-order valence-electron chi connectivity index (χ2n) is 3.77. The van der Waals surface area contributed by atoms with Crippen molar-refractivity contribution in [3.05, 3.63) is 60.4 Å². The number of hydrogen-bond acceptors (Lipinski definition) is 2. The number of benzene rings is 1. The van der Waals surface area contributed by atoms with Crippen molar-refractivity contribution in [3.8, 4) is 5.69 Å². The lowest BCUT2D eigenvalue weighted by Crippen LogP contribution is -1.98. The van der Waals surface area contributed by atoms with Crippen molar-refractivity contribution in [1.29, 1.82) is 0 Å². The molecular formula is C15H15NO2. The quantitative estimate of drug-likeness (QED) is 0.608. The average molecular weight is 241 g/mol. The molecule has 0 amide bonds. The second kappa shape index (κ2) is 5.87. The molecule has 0 unspecified atom stereocenters. The molecular weight excluding hydrogens is 226 g/mol. The van der Waals surface area contributed by atoms with E-state index >= 15 is 0 Å². The van der Waals surface area contributed by atoms with Gasteiger partial charge in [0.15, 0.2) is 0 Å². The Balaban J connectivity index is 2.15. The van der Waals surface area contributed by atoms with Gasteiger partial charge in [-0.05, 0) is 42.8 Å². The number of hydrogen-bond donors (Lipinski definition) is 0. The van der Waals surface area contributed by atoms with Gasteiger partial charge in [-0.15, -0.1) is 0 Å². The molecule has 0 aliphatic heterocycles. The van der Waals surface area contributed by atoms with E-state index in [-0.39, 0.29) is 5.97 Å². The van der Waals surface area contributed by atoms with Crippen LogP contribution in [0.5, 0.6) is 0 Å². The summed E-state index contributed by atoms with van der Waals surface area (Å²) in [6, 6.07) is 11.9. The third-order valence-electron chi connectivity index (χ3n) is 2.47. The SMILES string of the molecule is CCOC(=O)/C=C/c1cccc(-n2cccc2)c1. The smallest absolute Gasteiger partial charge is 0.330 e. The van der Waals surface area contributed by atoms with E-state index in [4.69, 9.17) is 4.74 Å². The molecule has 18 heavy (non-hydrogen) atoms. The van der Waals surface area contributed by atoms with Gasteiger partial charge in [0.1, 0.15) is 0 Å². The minimum absolute atomic E-state index is 0.316. The van der Waals surface area contributed by atoms with Crippen LogP contribution in [0.15, 0.2) is 54.9 Å². The highest BCUT2D eigenvalue weighted by Gasteiger charge is 1.97. The number of rotatable bonds is 4. The van der Waals surface area contributed by atoms with Crippen molar-refractivity contribution < 1.29 is 9.53 Å². The maximum absolute atomic E-state index is 11.2. The Morgan fingerprint density at radius 2 is 2.06 bits per heavy atom. The van der Waals surface area contributed by atoms with Gasteiger partial charge in [0.25, 0.3) is 0 Å². The lowest BCUT2D eigenvalue weighted by Gasteiger charge is -2.03. The number of carbonyl (C=O) groups is 1. The summed E-state index contributed by atoms with van der Waals surface area (Å²) < 4.78 is 6.85. The van der Waals surface area contributed by atoms with Crippen LogP contribution in [0.1, 0.15) is 12.5 Å². The van der Waals surface area contributed by atoms with Crippen molar-refractivity contribution in [2.45, 2.75) is 6.92 Å². The third-order valence-corrected chi connectivity index (χ3v) is 2.47. The van der Waals surface area contributed by atoms with Crippen LogP contribution in [0.2, 0.25) is 0 Å². The van der Waals surface area contributed by atoms with E-state index in [0.29, 0.717) is 6.61 Å². The van der Waals surface area contributed by atoms with Gasteiger partial charge in [-0.1, -0.05) is 12.1 Å². The highest BCUT2D eigenvalue weighted by molar-refractivity contribution is 5.87. The van der Waals surface area contributed by atoms with Gasteiger partial charge in [0.2, 0.25) is 0 Å². The normalized spacial score (nSPS) is 10.7. The summed E-state index contributed by atoms with van der Waals surface area (Å²) in [6.07, 6.45) is 7.16. The predicted octanol–water partition coefficient (Wildman–Crippen LogP) is 3.05. The van der Waals surface area contributed by atoms with Gasteiger partial charge in [-0.2, -0.15) is 0 Å². The van der Waals surface area contributed by atoms with Crippen molar-refractivity contribution in [1.82, 2.24) is 4.57 Å². The molecule has 3 heteroatoms. The molecule has 0 bridgehead atoms. The molecule has 3 nitrogen and oxygen atoms in total. The summed E-state index contributed by atoms with van der Waals surface area (Å²) in [6.45, 7) is 2.19. The molecule has 0 radical (unpaired) electrons. The van der Waals surface area contributed by atoms with Gasteiger partial charge in [-0.3, -0.25) is 0 Å². The Labute approximate surface area is 106 Å². The van der Waals surface area contributed by atoms with E-state index < -0.39 is 0 Å². The first kappa shape index (κ1) is 12.2. The molecule has 0 saturated carbocycles. The van der Waals surface area contributed by atoms with Crippen molar-refractivity contribution in [2.75, 3.05) is 6.61 Å². The van der Waals surface area contributed by atoms with Crippen molar-refractivity contribution in [2.24, 2.45) is 0 Å². The van der Waals surface area contributed by atoms with Crippen LogP contribution in [0.3, 0.4) is 0 Å². The lowest BCUT2D eigenvalue weighted by atomic mass is 10.2. The van der Waals surface area contributed by atoms with Gasteiger partial charge in [0, 0.05) is 24.2 Å². The lowest BCUT2D eigenvalue weighted by molar-refractivity contribution is -0.137. The average Bonchev–Trinajstić information content (AvgIpc) is 2.91.